The van der Waals surface area contributed by atoms with Gasteiger partial charge in [0.2, 0.25) is 0 Å². The van der Waals surface area contributed by atoms with Gasteiger partial charge in [0.25, 0.3) is 0 Å². The van der Waals surface area contributed by atoms with Gasteiger partial charge >= 0.3 is 0 Å². The Hall–Kier alpha value is -2.74. The number of nitriles is 1. The Morgan fingerprint density at radius 2 is 2.10 bits per heavy atom. The summed E-state index contributed by atoms with van der Waals surface area (Å²) in [6.07, 6.45) is 0. The number of ether oxygens (including phenoxy) is 2. The van der Waals surface area contributed by atoms with Crippen LogP contribution in [0.25, 0.3) is 0 Å². The van der Waals surface area contributed by atoms with Crippen molar-refractivity contribution >= 4 is 11.4 Å². The van der Waals surface area contributed by atoms with Crippen LogP contribution in [0.2, 0.25) is 0 Å². The van der Waals surface area contributed by atoms with E-state index < -0.39 is 0 Å². The summed E-state index contributed by atoms with van der Waals surface area (Å²) in [5, 5.41) is 8.96. The maximum Gasteiger partial charge on any atom is 0.143 e. The number of anilines is 2. The Kier molecular flexibility index (Phi) is 3.36. The molecule has 0 radical (unpaired) electrons. The molecule has 0 N–H and O–H groups in total. The molecule has 0 unspecified atom stereocenters. The van der Waals surface area contributed by atoms with E-state index >= 15 is 0 Å². The largest absolute Gasteiger partial charge is 0.495 e. The van der Waals surface area contributed by atoms with Gasteiger partial charge in [-0.1, -0.05) is 0 Å². The van der Waals surface area contributed by atoms with Crippen molar-refractivity contribution in [2.75, 3.05) is 25.2 Å². The molecule has 0 atom stereocenters. The van der Waals surface area contributed by atoms with E-state index in [1.54, 1.807) is 31.4 Å². The van der Waals surface area contributed by atoms with Gasteiger partial charge in [-0.25, -0.2) is 4.39 Å². The number of methoxy groups -OCH3 is 1. The molecule has 5 heteroatoms. The van der Waals surface area contributed by atoms with Gasteiger partial charge in [-0.05, 0) is 24.3 Å². The molecule has 0 aliphatic carbocycles. The second kappa shape index (κ2) is 5.33. The zero-order valence-corrected chi connectivity index (χ0v) is 11.5. The fourth-order valence-corrected chi connectivity index (χ4v) is 2.41. The predicted molar refractivity (Wildman–Crippen MR) is 76.6 cm³/mol. The molecule has 3 rings (SSSR count). The average molecular weight is 284 g/mol. The zero-order valence-electron chi connectivity index (χ0n) is 11.5. The summed E-state index contributed by atoms with van der Waals surface area (Å²) in [6, 6.07) is 11.7. The van der Waals surface area contributed by atoms with Gasteiger partial charge in [0.1, 0.15) is 23.9 Å². The lowest BCUT2D eigenvalue weighted by molar-refractivity contribution is 0.312. The van der Waals surface area contributed by atoms with E-state index in [0.717, 1.165) is 5.69 Å². The third-order valence-electron chi connectivity index (χ3n) is 3.38. The van der Waals surface area contributed by atoms with Crippen LogP contribution in [0.5, 0.6) is 11.5 Å². The molecular weight excluding hydrogens is 271 g/mol. The van der Waals surface area contributed by atoms with Crippen LogP contribution in [0, 0.1) is 17.1 Å². The molecule has 1 aliphatic heterocycles. The molecule has 0 spiro atoms. The molecule has 2 aromatic carbocycles. The minimum atomic E-state index is -0.322. The van der Waals surface area contributed by atoms with Gasteiger partial charge in [-0.15, -0.1) is 0 Å². The van der Waals surface area contributed by atoms with E-state index in [-0.39, 0.29) is 5.82 Å². The quantitative estimate of drug-likeness (QED) is 0.849. The van der Waals surface area contributed by atoms with E-state index in [2.05, 4.69) is 6.07 Å². The average Bonchev–Trinajstić information content (AvgIpc) is 2.53. The van der Waals surface area contributed by atoms with Crippen LogP contribution in [0.15, 0.2) is 36.4 Å². The summed E-state index contributed by atoms with van der Waals surface area (Å²) in [5.41, 5.74) is 1.96. The highest BCUT2D eigenvalue weighted by molar-refractivity contribution is 5.75. The van der Waals surface area contributed by atoms with E-state index in [4.69, 9.17) is 14.7 Å². The van der Waals surface area contributed by atoms with Crippen molar-refractivity contribution in [3.05, 3.63) is 47.8 Å². The Morgan fingerprint density at radius 3 is 2.86 bits per heavy atom. The van der Waals surface area contributed by atoms with Gasteiger partial charge < -0.3 is 14.4 Å². The molecule has 0 aromatic heterocycles. The summed E-state index contributed by atoms with van der Waals surface area (Å²) >= 11 is 0. The number of rotatable bonds is 2. The van der Waals surface area contributed by atoms with Crippen molar-refractivity contribution in [1.82, 2.24) is 0 Å². The molecule has 106 valence electrons. The summed E-state index contributed by atoms with van der Waals surface area (Å²) < 4.78 is 24.4. The van der Waals surface area contributed by atoms with Crippen molar-refractivity contribution in [1.29, 1.82) is 5.26 Å². The van der Waals surface area contributed by atoms with E-state index in [0.29, 0.717) is 35.9 Å². The van der Waals surface area contributed by atoms with Crippen LogP contribution in [-0.2, 0) is 0 Å². The van der Waals surface area contributed by atoms with Crippen molar-refractivity contribution in [2.45, 2.75) is 0 Å². The maximum absolute atomic E-state index is 13.5. The van der Waals surface area contributed by atoms with Gasteiger partial charge in [0, 0.05) is 12.1 Å². The second-order valence-corrected chi connectivity index (χ2v) is 4.61. The number of hydrogen-bond acceptors (Lipinski definition) is 4. The van der Waals surface area contributed by atoms with Gasteiger partial charge in [-0.2, -0.15) is 5.26 Å². The highest BCUT2D eigenvalue weighted by atomic mass is 19.1. The first-order valence-corrected chi connectivity index (χ1v) is 6.51. The number of nitrogens with zero attached hydrogens (tertiary/aromatic N) is 2. The summed E-state index contributed by atoms with van der Waals surface area (Å²) in [6.45, 7) is 1.08. The first-order valence-electron chi connectivity index (χ1n) is 6.51. The minimum absolute atomic E-state index is 0.322. The Morgan fingerprint density at radius 1 is 1.24 bits per heavy atom. The summed E-state index contributed by atoms with van der Waals surface area (Å²) in [4.78, 5) is 1.93. The van der Waals surface area contributed by atoms with Crippen molar-refractivity contribution in [3.8, 4) is 17.6 Å². The minimum Gasteiger partial charge on any atom is -0.495 e. The van der Waals surface area contributed by atoms with Gasteiger partial charge in [-0.3, -0.25) is 0 Å². The molecule has 2 aromatic rings. The molecule has 0 saturated heterocycles. The highest BCUT2D eigenvalue weighted by Crippen LogP contribution is 2.41. The maximum atomic E-state index is 13.5. The van der Waals surface area contributed by atoms with Crippen molar-refractivity contribution in [3.63, 3.8) is 0 Å². The number of hydrogen-bond donors (Lipinski definition) is 0. The Labute approximate surface area is 121 Å². The number of fused-ring (bicyclic) bond motifs is 1. The highest BCUT2D eigenvalue weighted by Gasteiger charge is 2.22. The lowest BCUT2D eigenvalue weighted by atomic mass is 10.1. The van der Waals surface area contributed by atoms with E-state index in [9.17, 15) is 4.39 Å². The van der Waals surface area contributed by atoms with Gasteiger partial charge in [0.05, 0.1) is 36.7 Å². The van der Waals surface area contributed by atoms with Crippen LogP contribution in [0.1, 0.15) is 5.56 Å². The molecule has 4 nitrogen and oxygen atoms in total. The standard InChI is InChI=1S/C16H13FN2O2/c1-20-16-8-11(10-18)2-4-13(16)19-6-7-21-15-5-3-12(17)9-14(15)19/h2-5,8-9H,6-7H2,1H3. The van der Waals surface area contributed by atoms with Crippen LogP contribution in [0.3, 0.4) is 0 Å². The predicted octanol–water partition coefficient (Wildman–Crippen LogP) is 3.24. The van der Waals surface area contributed by atoms with E-state index in [1.807, 2.05) is 4.90 Å². The first-order chi connectivity index (χ1) is 10.2. The van der Waals surface area contributed by atoms with Crippen molar-refractivity contribution in [2.24, 2.45) is 0 Å². The fourth-order valence-electron chi connectivity index (χ4n) is 2.41. The monoisotopic (exact) mass is 284 g/mol. The number of benzene rings is 2. The molecule has 1 heterocycles. The normalized spacial score (nSPS) is 13.1. The second-order valence-electron chi connectivity index (χ2n) is 4.61. The molecule has 0 saturated carbocycles. The molecular formula is C16H13FN2O2. The van der Waals surface area contributed by atoms with Gasteiger partial charge in [0.15, 0.2) is 0 Å². The number of halogens is 1. The van der Waals surface area contributed by atoms with E-state index in [1.165, 1.54) is 12.1 Å². The van der Waals surface area contributed by atoms with Crippen LogP contribution in [-0.4, -0.2) is 20.3 Å². The van der Waals surface area contributed by atoms with Crippen LogP contribution in [0.4, 0.5) is 15.8 Å². The van der Waals surface area contributed by atoms with Crippen LogP contribution < -0.4 is 14.4 Å². The SMILES string of the molecule is COc1cc(C#N)ccc1N1CCOc2ccc(F)cc21. The summed E-state index contributed by atoms with van der Waals surface area (Å²) in [7, 11) is 1.55. The smallest absolute Gasteiger partial charge is 0.143 e. The Balaban J connectivity index is 2.11. The topological polar surface area (TPSA) is 45.5 Å². The fraction of sp³-hybridized carbons (Fsp3) is 0.188. The molecule has 1 aliphatic rings. The lowest BCUT2D eigenvalue weighted by Gasteiger charge is -2.32. The molecule has 0 bridgehead atoms. The third kappa shape index (κ3) is 2.36. The van der Waals surface area contributed by atoms with Crippen LogP contribution >= 0.6 is 0 Å². The zero-order chi connectivity index (χ0) is 14.8. The lowest BCUT2D eigenvalue weighted by Crippen LogP contribution is -2.29. The van der Waals surface area contributed by atoms with Crippen molar-refractivity contribution < 1.29 is 13.9 Å². The first kappa shape index (κ1) is 13.3. The third-order valence-corrected chi connectivity index (χ3v) is 3.38. The molecule has 0 amide bonds. The Bertz CT molecular complexity index is 725. The summed E-state index contributed by atoms with van der Waals surface area (Å²) in [5.74, 6) is 0.886. The molecule has 21 heavy (non-hydrogen) atoms. The molecule has 0 fully saturated rings.